The average Bonchev–Trinajstić information content (AvgIpc) is 3.52. The van der Waals surface area contributed by atoms with E-state index in [1.54, 1.807) is 0 Å². The van der Waals surface area contributed by atoms with Crippen molar-refractivity contribution >= 4 is 5.91 Å². The molecule has 0 radical (unpaired) electrons. The SMILES string of the molecule is CCCCC1CN(C(=O)Cc2[nH]c(Cc3ccccc3)nc2C#N)Cc2nc(-c3ccccc3)cn21. The van der Waals surface area contributed by atoms with Crippen LogP contribution in [0.3, 0.4) is 0 Å². The summed E-state index contributed by atoms with van der Waals surface area (Å²) in [6.45, 7) is 3.29. The van der Waals surface area contributed by atoms with Gasteiger partial charge in [0.2, 0.25) is 5.91 Å². The molecular weight excluding hydrogens is 448 g/mol. The highest BCUT2D eigenvalue weighted by molar-refractivity contribution is 5.79. The number of fused-ring (bicyclic) bond motifs is 1. The second kappa shape index (κ2) is 10.6. The fraction of sp³-hybridized carbons (Fsp3) is 0.310. The summed E-state index contributed by atoms with van der Waals surface area (Å²) in [5.74, 6) is 1.59. The number of hydrogen-bond donors (Lipinski definition) is 1. The molecule has 1 atom stereocenters. The largest absolute Gasteiger partial charge is 0.344 e. The molecule has 1 aliphatic heterocycles. The zero-order valence-corrected chi connectivity index (χ0v) is 20.5. The van der Waals surface area contributed by atoms with Crippen molar-refractivity contribution in [3.8, 4) is 17.3 Å². The number of rotatable bonds is 8. The van der Waals surface area contributed by atoms with Gasteiger partial charge in [0.25, 0.3) is 0 Å². The number of nitrogens with zero attached hydrogens (tertiary/aromatic N) is 5. The Labute approximate surface area is 211 Å². The van der Waals surface area contributed by atoms with Crippen LogP contribution in [0.5, 0.6) is 0 Å². The molecule has 0 bridgehead atoms. The first-order valence-corrected chi connectivity index (χ1v) is 12.6. The number of imidazole rings is 2. The molecule has 5 rings (SSSR count). The maximum Gasteiger partial charge on any atom is 0.229 e. The Kier molecular flexibility index (Phi) is 6.94. The Morgan fingerprint density at radius 3 is 2.58 bits per heavy atom. The van der Waals surface area contributed by atoms with E-state index in [1.165, 1.54) is 0 Å². The van der Waals surface area contributed by atoms with Crippen molar-refractivity contribution in [1.82, 2.24) is 24.4 Å². The van der Waals surface area contributed by atoms with Crippen LogP contribution in [-0.2, 0) is 24.2 Å². The van der Waals surface area contributed by atoms with Crippen molar-refractivity contribution in [2.75, 3.05) is 6.54 Å². The zero-order valence-electron chi connectivity index (χ0n) is 20.5. The molecule has 7 nitrogen and oxygen atoms in total. The molecule has 2 aromatic carbocycles. The molecule has 0 saturated carbocycles. The lowest BCUT2D eigenvalue weighted by Gasteiger charge is -2.34. The number of benzene rings is 2. The Hall–Kier alpha value is -4.18. The summed E-state index contributed by atoms with van der Waals surface area (Å²) in [4.78, 5) is 27.9. The van der Waals surface area contributed by atoms with Gasteiger partial charge in [-0.15, -0.1) is 0 Å². The average molecular weight is 479 g/mol. The topological polar surface area (TPSA) is 90.6 Å². The number of hydrogen-bond acceptors (Lipinski definition) is 4. The number of carbonyl (C=O) groups excluding carboxylic acids is 1. The predicted molar refractivity (Wildman–Crippen MR) is 138 cm³/mol. The van der Waals surface area contributed by atoms with E-state index in [0.717, 1.165) is 41.9 Å². The fourth-order valence-electron chi connectivity index (χ4n) is 4.87. The van der Waals surface area contributed by atoms with E-state index in [-0.39, 0.29) is 18.4 Å². The van der Waals surface area contributed by atoms with E-state index < -0.39 is 0 Å². The van der Waals surface area contributed by atoms with Crippen LogP contribution < -0.4 is 0 Å². The minimum Gasteiger partial charge on any atom is -0.344 e. The number of unbranched alkanes of at least 4 members (excludes halogenated alkanes) is 1. The van der Waals surface area contributed by atoms with Gasteiger partial charge < -0.3 is 14.5 Å². The Balaban J connectivity index is 1.35. The first-order chi connectivity index (χ1) is 17.6. The van der Waals surface area contributed by atoms with Crippen LogP contribution in [0, 0.1) is 11.3 Å². The molecular formula is C29H30N6O. The smallest absolute Gasteiger partial charge is 0.229 e. The van der Waals surface area contributed by atoms with Crippen LogP contribution in [-0.4, -0.2) is 36.9 Å². The molecule has 0 spiro atoms. The van der Waals surface area contributed by atoms with Crippen molar-refractivity contribution in [1.29, 1.82) is 5.26 Å². The highest BCUT2D eigenvalue weighted by atomic mass is 16.2. The molecule has 0 saturated heterocycles. The molecule has 7 heteroatoms. The van der Waals surface area contributed by atoms with Gasteiger partial charge in [0.1, 0.15) is 17.7 Å². The lowest BCUT2D eigenvalue weighted by Crippen LogP contribution is -2.41. The van der Waals surface area contributed by atoms with E-state index in [9.17, 15) is 10.1 Å². The van der Waals surface area contributed by atoms with Gasteiger partial charge in [-0.25, -0.2) is 9.97 Å². The lowest BCUT2D eigenvalue weighted by molar-refractivity contribution is -0.132. The molecule has 36 heavy (non-hydrogen) atoms. The summed E-state index contributed by atoms with van der Waals surface area (Å²) < 4.78 is 2.26. The van der Waals surface area contributed by atoms with E-state index >= 15 is 0 Å². The normalized spacial score (nSPS) is 14.9. The number of nitriles is 1. The third kappa shape index (κ3) is 5.08. The quantitative estimate of drug-likeness (QED) is 0.384. The highest BCUT2D eigenvalue weighted by Crippen LogP contribution is 2.29. The number of carbonyl (C=O) groups is 1. The number of aromatic amines is 1. The number of aromatic nitrogens is 4. The molecule has 1 amide bonds. The number of nitrogens with one attached hydrogen (secondary N) is 1. The number of H-pyrrole nitrogens is 1. The molecule has 3 heterocycles. The molecule has 182 valence electrons. The Morgan fingerprint density at radius 1 is 1.11 bits per heavy atom. The Morgan fingerprint density at radius 2 is 1.86 bits per heavy atom. The molecule has 0 aliphatic carbocycles. The summed E-state index contributed by atoms with van der Waals surface area (Å²) in [5, 5.41) is 9.63. The van der Waals surface area contributed by atoms with Crippen LogP contribution in [0.1, 0.15) is 60.8 Å². The standard InChI is InChI=1S/C29H30N6O/c1-2-3-14-23-18-34(20-28-33-26(19-35(23)28)22-12-8-5-9-13-22)29(36)16-24-25(17-30)32-27(31-24)15-21-10-6-4-7-11-21/h4-13,19,23H,2-3,14-16,18,20H2,1H3,(H,31,32). The molecule has 1 unspecified atom stereocenters. The van der Waals surface area contributed by atoms with E-state index in [2.05, 4.69) is 45.9 Å². The maximum absolute atomic E-state index is 13.4. The predicted octanol–water partition coefficient (Wildman–Crippen LogP) is 5.05. The summed E-state index contributed by atoms with van der Waals surface area (Å²) in [5.41, 5.74) is 3.99. The number of amides is 1. The third-order valence-electron chi connectivity index (χ3n) is 6.75. The van der Waals surface area contributed by atoms with Gasteiger partial charge in [-0.2, -0.15) is 5.26 Å². The van der Waals surface area contributed by atoms with Gasteiger partial charge in [-0.3, -0.25) is 4.79 Å². The minimum atomic E-state index is -0.0154. The van der Waals surface area contributed by atoms with Crippen LogP contribution in [0.25, 0.3) is 11.3 Å². The molecule has 1 N–H and O–H groups in total. The van der Waals surface area contributed by atoms with Crippen LogP contribution in [0.15, 0.2) is 66.9 Å². The van der Waals surface area contributed by atoms with Gasteiger partial charge in [0.15, 0.2) is 5.69 Å². The zero-order chi connectivity index (χ0) is 24.9. The summed E-state index contributed by atoms with van der Waals surface area (Å²) in [7, 11) is 0. The first kappa shape index (κ1) is 23.6. The van der Waals surface area contributed by atoms with Crippen molar-refractivity contribution in [3.05, 3.63) is 95.5 Å². The lowest BCUT2D eigenvalue weighted by atomic mass is 10.1. The minimum absolute atomic E-state index is 0.0154. The van der Waals surface area contributed by atoms with Crippen molar-refractivity contribution in [2.24, 2.45) is 0 Å². The van der Waals surface area contributed by atoms with E-state index in [0.29, 0.717) is 36.7 Å². The molecule has 1 aliphatic rings. The van der Waals surface area contributed by atoms with E-state index in [1.807, 2.05) is 53.4 Å². The van der Waals surface area contributed by atoms with Crippen LogP contribution >= 0.6 is 0 Å². The van der Waals surface area contributed by atoms with Gasteiger partial charge in [0, 0.05) is 24.7 Å². The van der Waals surface area contributed by atoms with Crippen LogP contribution in [0.4, 0.5) is 0 Å². The third-order valence-corrected chi connectivity index (χ3v) is 6.75. The molecule has 0 fully saturated rings. The van der Waals surface area contributed by atoms with Gasteiger partial charge in [0.05, 0.1) is 30.4 Å². The highest BCUT2D eigenvalue weighted by Gasteiger charge is 2.30. The van der Waals surface area contributed by atoms with Gasteiger partial charge in [-0.05, 0) is 12.0 Å². The first-order valence-electron chi connectivity index (χ1n) is 12.6. The maximum atomic E-state index is 13.4. The van der Waals surface area contributed by atoms with Crippen molar-refractivity contribution < 1.29 is 4.79 Å². The van der Waals surface area contributed by atoms with Crippen molar-refractivity contribution in [2.45, 2.75) is 51.6 Å². The summed E-state index contributed by atoms with van der Waals surface area (Å²) in [6.07, 6.45) is 6.03. The summed E-state index contributed by atoms with van der Waals surface area (Å²) >= 11 is 0. The second-order valence-electron chi connectivity index (χ2n) is 9.35. The van der Waals surface area contributed by atoms with Crippen LogP contribution in [0.2, 0.25) is 0 Å². The van der Waals surface area contributed by atoms with E-state index in [4.69, 9.17) is 4.98 Å². The van der Waals surface area contributed by atoms with Crippen molar-refractivity contribution in [3.63, 3.8) is 0 Å². The summed E-state index contributed by atoms with van der Waals surface area (Å²) in [6, 6.07) is 22.5. The Bertz CT molecular complexity index is 1370. The fourth-order valence-corrected chi connectivity index (χ4v) is 4.87. The molecule has 4 aromatic rings. The van der Waals surface area contributed by atoms with Gasteiger partial charge in [-0.1, -0.05) is 80.4 Å². The second-order valence-corrected chi connectivity index (χ2v) is 9.35. The molecule has 2 aromatic heterocycles. The monoisotopic (exact) mass is 478 g/mol. The van der Waals surface area contributed by atoms with Gasteiger partial charge >= 0.3 is 0 Å².